The Labute approximate surface area is 91.9 Å². The monoisotopic (exact) mass is 207 g/mol. The van der Waals surface area contributed by atoms with Gasteiger partial charge in [0.15, 0.2) is 0 Å². The molecule has 0 aromatic carbocycles. The van der Waals surface area contributed by atoms with Crippen LogP contribution in [-0.4, -0.2) is 29.6 Å². The fourth-order valence-electron chi connectivity index (χ4n) is 2.51. The topological polar surface area (TPSA) is 34.2 Å². The average Bonchev–Trinajstić information content (AvgIpc) is 2.65. The van der Waals surface area contributed by atoms with Gasteiger partial charge in [-0.3, -0.25) is 0 Å². The van der Waals surface area contributed by atoms with E-state index in [0.717, 1.165) is 12.5 Å². The summed E-state index contributed by atoms with van der Waals surface area (Å²) in [7, 11) is 2.21. The molecule has 1 atom stereocenters. The molecule has 1 aromatic heterocycles. The molecule has 15 heavy (non-hydrogen) atoms. The van der Waals surface area contributed by atoms with Crippen molar-refractivity contribution >= 4 is 0 Å². The number of hydrogen-bond donors (Lipinski definition) is 1. The van der Waals surface area contributed by atoms with Crippen LogP contribution in [0.25, 0.3) is 0 Å². The largest absolute Gasteiger partial charge is 0.350 e. The van der Waals surface area contributed by atoms with Gasteiger partial charge in [0.2, 0.25) is 0 Å². The molecule has 84 valence electrons. The Balaban J connectivity index is 1.96. The van der Waals surface area contributed by atoms with Crippen molar-refractivity contribution in [2.75, 3.05) is 20.1 Å². The Hall–Kier alpha value is -0.800. The number of aromatic nitrogens is 1. The van der Waals surface area contributed by atoms with E-state index in [1.807, 2.05) is 0 Å². The third-order valence-electron chi connectivity index (χ3n) is 3.31. The van der Waals surface area contributed by atoms with E-state index in [4.69, 9.17) is 5.73 Å². The minimum Gasteiger partial charge on any atom is -0.350 e. The van der Waals surface area contributed by atoms with Crippen LogP contribution in [0.5, 0.6) is 0 Å². The zero-order chi connectivity index (χ0) is 10.7. The molecular weight excluding hydrogens is 186 g/mol. The molecule has 2 heterocycles. The summed E-state index contributed by atoms with van der Waals surface area (Å²) in [4.78, 5) is 2.43. The van der Waals surface area contributed by atoms with E-state index < -0.39 is 0 Å². The first-order chi connectivity index (χ1) is 7.29. The Kier molecular flexibility index (Phi) is 3.44. The van der Waals surface area contributed by atoms with Gasteiger partial charge in [0.25, 0.3) is 0 Å². The minimum absolute atomic E-state index is 0.648. The average molecular weight is 207 g/mol. The Morgan fingerprint density at radius 3 is 3.13 bits per heavy atom. The molecule has 1 saturated heterocycles. The molecule has 1 fully saturated rings. The van der Waals surface area contributed by atoms with Crippen molar-refractivity contribution in [2.24, 2.45) is 11.7 Å². The lowest BCUT2D eigenvalue weighted by atomic mass is 9.98. The molecule has 3 heteroatoms. The second-order valence-corrected chi connectivity index (χ2v) is 4.63. The second kappa shape index (κ2) is 4.81. The van der Waals surface area contributed by atoms with Gasteiger partial charge in [0.1, 0.15) is 0 Å². The highest BCUT2D eigenvalue weighted by Gasteiger charge is 2.17. The lowest BCUT2D eigenvalue weighted by Gasteiger charge is -2.30. The summed E-state index contributed by atoms with van der Waals surface area (Å²) in [6.07, 6.45) is 4.84. The highest BCUT2D eigenvalue weighted by Crippen LogP contribution is 2.18. The smallest absolute Gasteiger partial charge is 0.0334 e. The lowest BCUT2D eigenvalue weighted by Crippen LogP contribution is -2.34. The molecule has 2 rings (SSSR count). The van der Waals surface area contributed by atoms with Gasteiger partial charge in [-0.05, 0) is 44.5 Å². The van der Waals surface area contributed by atoms with Crippen LogP contribution in [0.1, 0.15) is 18.5 Å². The predicted molar refractivity (Wildman–Crippen MR) is 62.5 cm³/mol. The molecule has 0 amide bonds. The SMILES string of the molecule is CN1CCCC(Cn2cccc2CN)C1. The summed E-state index contributed by atoms with van der Waals surface area (Å²) >= 11 is 0. The Morgan fingerprint density at radius 1 is 1.53 bits per heavy atom. The fraction of sp³-hybridized carbons (Fsp3) is 0.667. The maximum Gasteiger partial charge on any atom is 0.0334 e. The van der Waals surface area contributed by atoms with Crippen LogP contribution < -0.4 is 5.73 Å². The molecule has 1 unspecified atom stereocenters. The predicted octanol–water partition coefficient (Wildman–Crippen LogP) is 1.29. The van der Waals surface area contributed by atoms with Crippen molar-refractivity contribution in [2.45, 2.75) is 25.9 Å². The number of piperidine rings is 1. The second-order valence-electron chi connectivity index (χ2n) is 4.63. The van der Waals surface area contributed by atoms with E-state index in [2.05, 4.69) is 34.8 Å². The van der Waals surface area contributed by atoms with Crippen LogP contribution in [0.3, 0.4) is 0 Å². The van der Waals surface area contributed by atoms with Gasteiger partial charge in [-0.1, -0.05) is 0 Å². The summed E-state index contributed by atoms with van der Waals surface area (Å²) in [6.45, 7) is 4.26. The zero-order valence-electron chi connectivity index (χ0n) is 9.52. The van der Waals surface area contributed by atoms with Gasteiger partial charge in [0, 0.05) is 31.5 Å². The number of nitrogens with zero attached hydrogens (tertiary/aromatic N) is 2. The van der Waals surface area contributed by atoms with Crippen molar-refractivity contribution in [1.82, 2.24) is 9.47 Å². The standard InChI is InChI=1S/C12H21N3/c1-14-6-2-4-11(9-14)10-15-7-3-5-12(15)8-13/h3,5,7,11H,2,4,6,8-10,13H2,1H3. The molecule has 1 aromatic rings. The van der Waals surface area contributed by atoms with Gasteiger partial charge >= 0.3 is 0 Å². The van der Waals surface area contributed by atoms with Crippen molar-refractivity contribution in [1.29, 1.82) is 0 Å². The first kappa shape index (κ1) is 10.7. The van der Waals surface area contributed by atoms with Gasteiger partial charge in [-0.2, -0.15) is 0 Å². The third-order valence-corrected chi connectivity index (χ3v) is 3.31. The first-order valence-corrected chi connectivity index (χ1v) is 5.82. The van der Waals surface area contributed by atoms with Gasteiger partial charge in [0.05, 0.1) is 0 Å². The van der Waals surface area contributed by atoms with Crippen molar-refractivity contribution in [3.05, 3.63) is 24.0 Å². The van der Waals surface area contributed by atoms with Crippen LogP contribution in [0.15, 0.2) is 18.3 Å². The molecule has 3 nitrogen and oxygen atoms in total. The van der Waals surface area contributed by atoms with E-state index in [9.17, 15) is 0 Å². The molecule has 0 saturated carbocycles. The van der Waals surface area contributed by atoms with E-state index in [-0.39, 0.29) is 0 Å². The van der Waals surface area contributed by atoms with Crippen molar-refractivity contribution in [3.8, 4) is 0 Å². The first-order valence-electron chi connectivity index (χ1n) is 5.82. The molecule has 1 aliphatic rings. The lowest BCUT2D eigenvalue weighted by molar-refractivity contribution is 0.194. The summed E-state index contributed by atoms with van der Waals surface area (Å²) in [5.74, 6) is 0.793. The molecule has 2 N–H and O–H groups in total. The van der Waals surface area contributed by atoms with Crippen LogP contribution >= 0.6 is 0 Å². The van der Waals surface area contributed by atoms with E-state index >= 15 is 0 Å². The van der Waals surface area contributed by atoms with Crippen molar-refractivity contribution < 1.29 is 0 Å². The summed E-state index contributed by atoms with van der Waals surface area (Å²) in [6, 6.07) is 4.21. The summed E-state index contributed by atoms with van der Waals surface area (Å²) in [5.41, 5.74) is 6.95. The molecule has 0 radical (unpaired) electrons. The maximum atomic E-state index is 5.70. The van der Waals surface area contributed by atoms with Crippen LogP contribution in [-0.2, 0) is 13.1 Å². The summed E-state index contributed by atoms with van der Waals surface area (Å²) < 4.78 is 2.31. The zero-order valence-corrected chi connectivity index (χ0v) is 9.52. The number of likely N-dealkylation sites (tertiary alicyclic amines) is 1. The molecule has 0 spiro atoms. The third kappa shape index (κ3) is 2.61. The van der Waals surface area contributed by atoms with E-state index in [0.29, 0.717) is 6.54 Å². The fourth-order valence-corrected chi connectivity index (χ4v) is 2.51. The number of rotatable bonds is 3. The van der Waals surface area contributed by atoms with Gasteiger partial charge in [-0.25, -0.2) is 0 Å². The maximum absolute atomic E-state index is 5.70. The highest BCUT2D eigenvalue weighted by molar-refractivity contribution is 5.06. The molecule has 1 aliphatic heterocycles. The minimum atomic E-state index is 0.648. The molecule has 0 bridgehead atoms. The van der Waals surface area contributed by atoms with Crippen LogP contribution in [0, 0.1) is 5.92 Å². The van der Waals surface area contributed by atoms with Gasteiger partial charge in [-0.15, -0.1) is 0 Å². The quantitative estimate of drug-likeness (QED) is 0.810. The Bertz CT molecular complexity index is 306. The van der Waals surface area contributed by atoms with Crippen molar-refractivity contribution in [3.63, 3.8) is 0 Å². The molecular formula is C12H21N3. The van der Waals surface area contributed by atoms with Crippen LogP contribution in [0.4, 0.5) is 0 Å². The highest BCUT2D eigenvalue weighted by atomic mass is 15.1. The molecule has 0 aliphatic carbocycles. The normalized spacial score (nSPS) is 23.2. The number of hydrogen-bond acceptors (Lipinski definition) is 2. The van der Waals surface area contributed by atoms with Crippen LogP contribution in [0.2, 0.25) is 0 Å². The summed E-state index contributed by atoms with van der Waals surface area (Å²) in [5, 5.41) is 0. The Morgan fingerprint density at radius 2 is 2.40 bits per heavy atom. The van der Waals surface area contributed by atoms with E-state index in [1.165, 1.54) is 31.6 Å². The number of nitrogens with two attached hydrogens (primary N) is 1. The van der Waals surface area contributed by atoms with Gasteiger partial charge < -0.3 is 15.2 Å². The van der Waals surface area contributed by atoms with E-state index in [1.54, 1.807) is 0 Å².